The monoisotopic (exact) mass is 323 g/mol. The van der Waals surface area contributed by atoms with Gasteiger partial charge in [-0.2, -0.15) is 0 Å². The number of aliphatic carboxylic acids is 1. The predicted octanol–water partition coefficient (Wildman–Crippen LogP) is 3.06. The maximum Gasteiger partial charge on any atom is 0.309 e. The smallest absolute Gasteiger partial charge is 0.309 e. The van der Waals surface area contributed by atoms with Gasteiger partial charge in [0.05, 0.1) is 29.2 Å². The highest BCUT2D eigenvalue weighted by Crippen LogP contribution is 2.46. The summed E-state index contributed by atoms with van der Waals surface area (Å²) in [4.78, 5) is 13.3. The van der Waals surface area contributed by atoms with Crippen molar-refractivity contribution in [2.45, 2.75) is 19.6 Å². The molecular weight excluding hydrogens is 306 g/mol. The van der Waals surface area contributed by atoms with Crippen molar-refractivity contribution in [3.05, 3.63) is 65.4 Å². The van der Waals surface area contributed by atoms with Crippen molar-refractivity contribution in [2.75, 3.05) is 10.2 Å². The Morgan fingerprint density at radius 1 is 1.17 bits per heavy atom. The lowest BCUT2D eigenvalue weighted by atomic mass is 10.1. The second-order valence-corrected chi connectivity index (χ2v) is 5.98. The number of fused-ring (bicyclic) bond motifs is 3. The minimum atomic E-state index is -0.937. The molecule has 24 heavy (non-hydrogen) atoms. The van der Waals surface area contributed by atoms with Gasteiger partial charge in [0.1, 0.15) is 0 Å². The van der Waals surface area contributed by atoms with Gasteiger partial charge < -0.3 is 15.3 Å². The molecule has 0 saturated carbocycles. The summed E-state index contributed by atoms with van der Waals surface area (Å²) in [7, 11) is 0. The van der Waals surface area contributed by atoms with Crippen LogP contribution in [0.3, 0.4) is 0 Å². The van der Waals surface area contributed by atoms with Crippen molar-refractivity contribution < 1.29 is 15.1 Å². The zero-order valence-electron chi connectivity index (χ0n) is 13.1. The van der Waals surface area contributed by atoms with E-state index in [4.69, 9.17) is 0 Å². The normalized spacial score (nSPS) is 18.5. The fourth-order valence-electron chi connectivity index (χ4n) is 3.30. The van der Waals surface area contributed by atoms with Gasteiger partial charge in [-0.25, -0.2) is 5.06 Å². The molecule has 0 aliphatic carbocycles. The lowest BCUT2D eigenvalue weighted by Crippen LogP contribution is -2.40. The molecule has 6 nitrogen and oxygen atoms in total. The van der Waals surface area contributed by atoms with Gasteiger partial charge in [0, 0.05) is 5.56 Å². The number of hydrogen-bond acceptors (Lipinski definition) is 5. The first-order valence-corrected chi connectivity index (χ1v) is 7.71. The van der Waals surface area contributed by atoms with E-state index in [1.165, 1.54) is 0 Å². The van der Waals surface area contributed by atoms with Gasteiger partial charge in [0.25, 0.3) is 0 Å². The molecule has 2 aliphatic rings. The average Bonchev–Trinajstić information content (AvgIpc) is 3.05. The first kappa shape index (κ1) is 14.6. The fraction of sp³-hybridized carbons (Fsp3) is 0.167. The van der Waals surface area contributed by atoms with Crippen molar-refractivity contribution >= 4 is 23.0 Å². The van der Waals surface area contributed by atoms with Gasteiger partial charge in [-0.15, -0.1) is 0 Å². The van der Waals surface area contributed by atoms with Gasteiger partial charge >= 0.3 is 5.97 Å². The van der Waals surface area contributed by atoms with E-state index in [0.29, 0.717) is 11.4 Å². The lowest BCUT2D eigenvalue weighted by Gasteiger charge is -2.24. The van der Waals surface area contributed by atoms with Gasteiger partial charge in [-0.1, -0.05) is 42.0 Å². The van der Waals surface area contributed by atoms with E-state index in [1.54, 1.807) is 0 Å². The zero-order valence-corrected chi connectivity index (χ0v) is 13.1. The Kier molecular flexibility index (Phi) is 3.21. The number of aryl methyl sites for hydroxylation is 1. The number of nitrogens with one attached hydrogen (secondary N) is 1. The summed E-state index contributed by atoms with van der Waals surface area (Å²) < 4.78 is 0. The molecule has 2 aromatic rings. The Bertz CT molecular complexity index is 845. The molecule has 1 unspecified atom stereocenters. The molecule has 122 valence electrons. The Hall–Kier alpha value is -2.99. The third-order valence-electron chi connectivity index (χ3n) is 4.36. The average molecular weight is 323 g/mol. The third kappa shape index (κ3) is 2.11. The Morgan fingerprint density at radius 3 is 2.58 bits per heavy atom. The van der Waals surface area contributed by atoms with Crippen LogP contribution in [0.4, 0.5) is 11.4 Å². The van der Waals surface area contributed by atoms with Crippen LogP contribution >= 0.6 is 0 Å². The topological polar surface area (TPSA) is 76.0 Å². The minimum absolute atomic E-state index is 0.174. The van der Waals surface area contributed by atoms with Crippen molar-refractivity contribution in [2.24, 2.45) is 0 Å². The quantitative estimate of drug-likeness (QED) is 0.806. The summed E-state index contributed by atoms with van der Waals surface area (Å²) in [5, 5.41) is 24.4. The standard InChI is InChI=1S/C18H17N3O3/c1-11-6-8-12(9-7-11)17-15(10-16(22)23)20-14-5-3-2-4-13(14)19-18(20)21(17)24/h2-9,18-19,24H,10H2,1H3,(H,22,23). The van der Waals surface area contributed by atoms with E-state index in [-0.39, 0.29) is 6.42 Å². The van der Waals surface area contributed by atoms with Crippen LogP contribution in [0.15, 0.2) is 54.2 Å². The van der Waals surface area contributed by atoms with E-state index in [9.17, 15) is 15.1 Å². The SMILES string of the molecule is Cc1ccc(C2=C(CC(=O)O)N3c4ccccc4NC3N2O)cc1. The number of anilines is 2. The summed E-state index contributed by atoms with van der Waals surface area (Å²) in [5.74, 6) is -0.937. The number of rotatable bonds is 3. The number of carboxylic acids is 1. The van der Waals surface area contributed by atoms with Crippen LogP contribution in [0.2, 0.25) is 0 Å². The van der Waals surface area contributed by atoms with Gasteiger partial charge in [0.2, 0.25) is 6.29 Å². The largest absolute Gasteiger partial charge is 0.481 e. The second-order valence-electron chi connectivity index (χ2n) is 5.98. The van der Waals surface area contributed by atoms with Gasteiger partial charge in [-0.3, -0.25) is 10.0 Å². The summed E-state index contributed by atoms with van der Waals surface area (Å²) >= 11 is 0. The predicted molar refractivity (Wildman–Crippen MR) is 90.3 cm³/mol. The number of hydroxylamine groups is 2. The molecule has 0 aromatic heterocycles. The van der Waals surface area contributed by atoms with Crippen LogP contribution in [0.25, 0.3) is 5.70 Å². The van der Waals surface area contributed by atoms with Crippen molar-refractivity contribution in [3.63, 3.8) is 0 Å². The van der Waals surface area contributed by atoms with Crippen molar-refractivity contribution in [1.29, 1.82) is 0 Å². The molecule has 2 aliphatic heterocycles. The first-order chi connectivity index (χ1) is 11.6. The third-order valence-corrected chi connectivity index (χ3v) is 4.36. The highest BCUT2D eigenvalue weighted by atomic mass is 16.5. The molecule has 2 heterocycles. The lowest BCUT2D eigenvalue weighted by molar-refractivity contribution is -0.136. The molecule has 0 radical (unpaired) electrons. The summed E-state index contributed by atoms with van der Waals surface area (Å²) in [5.41, 5.74) is 4.70. The fourth-order valence-corrected chi connectivity index (χ4v) is 3.30. The molecular formula is C18H17N3O3. The highest BCUT2D eigenvalue weighted by Gasteiger charge is 2.44. The van der Waals surface area contributed by atoms with Crippen LogP contribution < -0.4 is 10.2 Å². The summed E-state index contributed by atoms with van der Waals surface area (Å²) in [6, 6.07) is 15.3. The maximum absolute atomic E-state index is 11.4. The summed E-state index contributed by atoms with van der Waals surface area (Å²) in [6.07, 6.45) is -0.708. The van der Waals surface area contributed by atoms with Crippen LogP contribution in [-0.2, 0) is 4.79 Å². The van der Waals surface area contributed by atoms with Gasteiger partial charge in [-0.05, 0) is 19.1 Å². The molecule has 6 heteroatoms. The van der Waals surface area contributed by atoms with E-state index >= 15 is 0 Å². The van der Waals surface area contributed by atoms with Gasteiger partial charge in [0.15, 0.2) is 0 Å². The van der Waals surface area contributed by atoms with E-state index in [0.717, 1.165) is 27.6 Å². The highest BCUT2D eigenvalue weighted by molar-refractivity contribution is 5.88. The number of nitrogens with zero attached hydrogens (tertiary/aromatic N) is 2. The molecule has 0 saturated heterocycles. The Labute approximate surface area is 139 Å². The van der Waals surface area contributed by atoms with Crippen LogP contribution in [-0.4, -0.2) is 27.6 Å². The summed E-state index contributed by atoms with van der Waals surface area (Å²) in [6.45, 7) is 1.98. The molecule has 0 spiro atoms. The second kappa shape index (κ2) is 5.28. The molecule has 0 fully saturated rings. The Balaban J connectivity index is 1.88. The maximum atomic E-state index is 11.4. The minimum Gasteiger partial charge on any atom is -0.481 e. The number of carbonyl (C=O) groups is 1. The first-order valence-electron chi connectivity index (χ1n) is 7.71. The van der Waals surface area contributed by atoms with Crippen molar-refractivity contribution in [3.8, 4) is 0 Å². The molecule has 2 aromatic carbocycles. The molecule has 3 N–H and O–H groups in total. The number of hydrogen-bond donors (Lipinski definition) is 3. The number of benzene rings is 2. The van der Waals surface area contributed by atoms with Crippen molar-refractivity contribution in [1.82, 2.24) is 5.06 Å². The van der Waals surface area contributed by atoms with Crippen LogP contribution in [0, 0.1) is 6.92 Å². The van der Waals surface area contributed by atoms with E-state index < -0.39 is 12.3 Å². The zero-order chi connectivity index (χ0) is 16.8. The van der Waals surface area contributed by atoms with E-state index in [1.807, 2.05) is 60.4 Å². The Morgan fingerprint density at radius 2 is 1.88 bits per heavy atom. The van der Waals surface area contributed by atoms with Crippen LogP contribution in [0.5, 0.6) is 0 Å². The van der Waals surface area contributed by atoms with Crippen LogP contribution in [0.1, 0.15) is 17.5 Å². The molecule has 0 amide bonds. The van der Waals surface area contributed by atoms with E-state index in [2.05, 4.69) is 5.32 Å². The molecule has 0 bridgehead atoms. The molecule has 4 rings (SSSR count). The number of carboxylic acid groups (broad SMARTS) is 1. The molecule has 1 atom stereocenters. The number of para-hydroxylation sites is 2.